The summed E-state index contributed by atoms with van der Waals surface area (Å²) in [5.74, 6) is -0.473. The number of hydrogen-bond donors (Lipinski definition) is 2. The van der Waals surface area contributed by atoms with Crippen LogP contribution in [0.2, 0.25) is 0 Å². The van der Waals surface area contributed by atoms with Gasteiger partial charge in [0.1, 0.15) is 12.1 Å². The molecule has 0 aromatic carbocycles. The fourth-order valence-electron chi connectivity index (χ4n) is 3.98. The standard InChI is InChI=1S/C15H25N3O4/c1-5-22-17-11(19)8-18-12(20)15(16-13(18)21)7-10(2)6-14(3,4)9-15/h10H,5-9H2,1-4H3,(H,16,21)(H,17,19). The van der Waals surface area contributed by atoms with E-state index in [0.29, 0.717) is 25.4 Å². The first kappa shape index (κ1) is 16.7. The van der Waals surface area contributed by atoms with E-state index in [1.54, 1.807) is 6.92 Å². The molecule has 1 aliphatic carbocycles. The summed E-state index contributed by atoms with van der Waals surface area (Å²) in [5.41, 5.74) is 1.31. The molecule has 0 bridgehead atoms. The van der Waals surface area contributed by atoms with Gasteiger partial charge in [-0.05, 0) is 37.5 Å². The average molecular weight is 311 g/mol. The SMILES string of the molecule is CCONC(=O)CN1C(=O)NC2(CC(C)CC(C)(C)C2)C1=O. The molecule has 2 N–H and O–H groups in total. The minimum absolute atomic E-state index is 0.0236. The number of hydroxylamine groups is 1. The van der Waals surface area contributed by atoms with Gasteiger partial charge in [0.25, 0.3) is 11.8 Å². The second-order valence-electron chi connectivity index (χ2n) is 7.22. The molecule has 2 unspecified atom stereocenters. The van der Waals surface area contributed by atoms with E-state index >= 15 is 0 Å². The van der Waals surface area contributed by atoms with Crippen LogP contribution in [-0.2, 0) is 14.4 Å². The van der Waals surface area contributed by atoms with Crippen molar-refractivity contribution in [3.05, 3.63) is 0 Å². The summed E-state index contributed by atoms with van der Waals surface area (Å²) in [7, 11) is 0. The Morgan fingerprint density at radius 1 is 1.41 bits per heavy atom. The lowest BCUT2D eigenvalue weighted by Gasteiger charge is -2.43. The van der Waals surface area contributed by atoms with Gasteiger partial charge in [-0.25, -0.2) is 10.3 Å². The third kappa shape index (κ3) is 3.24. The van der Waals surface area contributed by atoms with Crippen LogP contribution >= 0.6 is 0 Å². The second kappa shape index (κ2) is 5.87. The van der Waals surface area contributed by atoms with Crippen molar-refractivity contribution in [2.24, 2.45) is 11.3 Å². The normalized spacial score (nSPS) is 30.5. The van der Waals surface area contributed by atoms with E-state index < -0.39 is 17.5 Å². The zero-order valence-electron chi connectivity index (χ0n) is 13.7. The van der Waals surface area contributed by atoms with Crippen LogP contribution < -0.4 is 10.8 Å². The van der Waals surface area contributed by atoms with Crippen molar-refractivity contribution in [1.29, 1.82) is 0 Å². The molecule has 1 spiro atoms. The molecule has 22 heavy (non-hydrogen) atoms. The van der Waals surface area contributed by atoms with E-state index in [4.69, 9.17) is 4.84 Å². The van der Waals surface area contributed by atoms with Crippen molar-refractivity contribution in [2.45, 2.75) is 52.5 Å². The molecule has 0 radical (unpaired) electrons. The maximum absolute atomic E-state index is 12.8. The topological polar surface area (TPSA) is 87.7 Å². The fourth-order valence-corrected chi connectivity index (χ4v) is 3.98. The molecule has 1 saturated heterocycles. The van der Waals surface area contributed by atoms with Gasteiger partial charge in [-0.15, -0.1) is 0 Å². The van der Waals surface area contributed by atoms with Crippen LogP contribution in [0.1, 0.15) is 47.0 Å². The molecule has 2 fully saturated rings. The second-order valence-corrected chi connectivity index (χ2v) is 7.22. The summed E-state index contributed by atoms with van der Waals surface area (Å²) in [5, 5.41) is 2.83. The van der Waals surface area contributed by atoms with E-state index in [1.165, 1.54) is 0 Å². The van der Waals surface area contributed by atoms with Crippen molar-refractivity contribution >= 4 is 17.8 Å². The Bertz CT molecular complexity index is 491. The predicted octanol–water partition coefficient (Wildman–Crippen LogP) is 1.19. The molecule has 124 valence electrons. The molecular weight excluding hydrogens is 286 g/mol. The number of hydrogen-bond acceptors (Lipinski definition) is 4. The number of carbonyl (C=O) groups excluding carboxylic acids is 3. The van der Waals surface area contributed by atoms with E-state index in [-0.39, 0.29) is 17.9 Å². The predicted molar refractivity (Wildman–Crippen MR) is 79.5 cm³/mol. The largest absolute Gasteiger partial charge is 0.325 e. The Morgan fingerprint density at radius 2 is 2.09 bits per heavy atom. The summed E-state index contributed by atoms with van der Waals surface area (Å²) >= 11 is 0. The quantitative estimate of drug-likeness (QED) is 0.603. The smallest absolute Gasteiger partial charge is 0.323 e. The van der Waals surface area contributed by atoms with E-state index in [9.17, 15) is 14.4 Å². The Hall–Kier alpha value is -1.63. The lowest BCUT2D eigenvalue weighted by atomic mass is 9.64. The highest BCUT2D eigenvalue weighted by molar-refractivity contribution is 6.09. The summed E-state index contributed by atoms with van der Waals surface area (Å²) < 4.78 is 0. The Balaban J connectivity index is 2.12. The van der Waals surface area contributed by atoms with E-state index in [1.807, 2.05) is 0 Å². The number of rotatable bonds is 4. The van der Waals surface area contributed by atoms with Gasteiger partial charge in [0.2, 0.25) is 0 Å². The van der Waals surface area contributed by atoms with E-state index in [2.05, 4.69) is 31.6 Å². The van der Waals surface area contributed by atoms with Crippen LogP contribution in [0.15, 0.2) is 0 Å². The molecule has 1 saturated carbocycles. The van der Waals surface area contributed by atoms with Crippen LogP contribution in [0.4, 0.5) is 4.79 Å². The van der Waals surface area contributed by atoms with E-state index in [0.717, 1.165) is 11.3 Å². The maximum Gasteiger partial charge on any atom is 0.325 e. The monoisotopic (exact) mass is 311 g/mol. The lowest BCUT2D eigenvalue weighted by molar-refractivity contribution is -0.141. The highest BCUT2D eigenvalue weighted by Gasteiger charge is 2.56. The van der Waals surface area contributed by atoms with Crippen molar-refractivity contribution in [2.75, 3.05) is 13.2 Å². The van der Waals surface area contributed by atoms with Crippen LogP contribution in [0.3, 0.4) is 0 Å². The summed E-state index contributed by atoms with van der Waals surface area (Å²) in [6, 6.07) is -0.499. The molecule has 0 aromatic rings. The maximum atomic E-state index is 12.8. The number of nitrogens with zero attached hydrogens (tertiary/aromatic N) is 1. The van der Waals surface area contributed by atoms with Crippen LogP contribution in [-0.4, -0.2) is 41.4 Å². The van der Waals surface area contributed by atoms with Gasteiger partial charge < -0.3 is 5.32 Å². The molecule has 7 nitrogen and oxygen atoms in total. The van der Waals surface area contributed by atoms with Crippen molar-refractivity contribution in [1.82, 2.24) is 15.7 Å². The molecule has 1 aliphatic heterocycles. The van der Waals surface area contributed by atoms with Crippen molar-refractivity contribution in [3.8, 4) is 0 Å². The third-order valence-corrected chi connectivity index (χ3v) is 4.26. The molecule has 2 atom stereocenters. The number of urea groups is 1. The van der Waals surface area contributed by atoms with Crippen molar-refractivity contribution in [3.63, 3.8) is 0 Å². The minimum atomic E-state index is -0.871. The number of amides is 4. The van der Waals surface area contributed by atoms with Gasteiger partial charge in [0.05, 0.1) is 6.61 Å². The Labute approximate surface area is 130 Å². The van der Waals surface area contributed by atoms with Gasteiger partial charge in [0, 0.05) is 0 Å². The third-order valence-electron chi connectivity index (χ3n) is 4.26. The van der Waals surface area contributed by atoms with Crippen LogP contribution in [0.25, 0.3) is 0 Å². The van der Waals surface area contributed by atoms with Crippen molar-refractivity contribution < 1.29 is 19.2 Å². The van der Waals surface area contributed by atoms with Gasteiger partial charge in [-0.2, -0.15) is 0 Å². The lowest BCUT2D eigenvalue weighted by Crippen LogP contribution is -2.54. The molecule has 4 amide bonds. The molecule has 2 aliphatic rings. The van der Waals surface area contributed by atoms with Crippen LogP contribution in [0, 0.1) is 11.3 Å². The van der Waals surface area contributed by atoms with Crippen LogP contribution in [0.5, 0.6) is 0 Å². The number of nitrogens with one attached hydrogen (secondary N) is 2. The zero-order chi connectivity index (χ0) is 16.5. The number of carbonyl (C=O) groups is 3. The Morgan fingerprint density at radius 3 is 2.68 bits per heavy atom. The summed E-state index contributed by atoms with van der Waals surface area (Å²) in [4.78, 5) is 42.4. The van der Waals surface area contributed by atoms with Gasteiger partial charge >= 0.3 is 6.03 Å². The zero-order valence-corrected chi connectivity index (χ0v) is 13.7. The molecule has 2 rings (SSSR count). The molecule has 7 heteroatoms. The minimum Gasteiger partial charge on any atom is -0.323 e. The van der Waals surface area contributed by atoms with Gasteiger partial charge in [-0.1, -0.05) is 20.8 Å². The highest BCUT2D eigenvalue weighted by atomic mass is 16.6. The summed E-state index contributed by atoms with van der Waals surface area (Å²) in [6.45, 7) is 8.03. The van der Waals surface area contributed by atoms with Gasteiger partial charge in [-0.3, -0.25) is 19.3 Å². The first-order valence-corrected chi connectivity index (χ1v) is 7.74. The Kier molecular flexibility index (Phi) is 4.47. The number of imide groups is 1. The average Bonchev–Trinajstić information content (AvgIpc) is 2.58. The highest BCUT2D eigenvalue weighted by Crippen LogP contribution is 2.46. The first-order valence-electron chi connectivity index (χ1n) is 7.74. The molecular formula is C15H25N3O4. The molecule has 0 aromatic heterocycles. The first-order chi connectivity index (χ1) is 10.2. The molecule has 1 heterocycles. The summed E-state index contributed by atoms with van der Waals surface area (Å²) in [6.07, 6.45) is 2.23. The fraction of sp³-hybridized carbons (Fsp3) is 0.800. The van der Waals surface area contributed by atoms with Gasteiger partial charge in [0.15, 0.2) is 0 Å².